The van der Waals surface area contributed by atoms with E-state index in [9.17, 15) is 9.59 Å². The predicted octanol–water partition coefficient (Wildman–Crippen LogP) is 2.27. The summed E-state index contributed by atoms with van der Waals surface area (Å²) in [4.78, 5) is 34.2. The lowest BCUT2D eigenvalue weighted by Gasteiger charge is -2.32. The number of para-hydroxylation sites is 1. The number of aryl methyl sites for hydroxylation is 1. The highest BCUT2D eigenvalue weighted by atomic mass is 35.5. The van der Waals surface area contributed by atoms with E-state index in [2.05, 4.69) is 20.6 Å². The van der Waals surface area contributed by atoms with E-state index >= 15 is 0 Å². The molecule has 0 spiro atoms. The van der Waals surface area contributed by atoms with Gasteiger partial charge >= 0.3 is 0 Å². The quantitative estimate of drug-likeness (QED) is 0.550. The number of hydrogen-bond acceptors (Lipinski definition) is 7. The Morgan fingerprint density at radius 1 is 1.33 bits per heavy atom. The standard InChI is InChI=1S/C21H26ClN5O3/c1-14-11-23-21(24-16-6-4-8-27(12-16)19(30)13-28)26-20(14)25-18-7-3-2-5-15(18)9-17(29)10-22/h2-3,5,7,11,16,28H,4,6,8-10,12-13H2,1H3,(H2,23,24,25,26)/t16-/m0/s1. The zero-order valence-corrected chi connectivity index (χ0v) is 17.7. The van der Waals surface area contributed by atoms with Crippen molar-refractivity contribution >= 4 is 40.7 Å². The normalized spacial score (nSPS) is 16.2. The van der Waals surface area contributed by atoms with Gasteiger partial charge in [0.2, 0.25) is 11.9 Å². The third-order valence-electron chi connectivity index (χ3n) is 5.02. The number of aliphatic hydroxyl groups excluding tert-OH is 1. The third kappa shape index (κ3) is 5.67. The minimum Gasteiger partial charge on any atom is -0.387 e. The lowest BCUT2D eigenvalue weighted by Crippen LogP contribution is -2.46. The number of anilines is 3. The van der Waals surface area contributed by atoms with Gasteiger partial charge in [-0.25, -0.2) is 4.98 Å². The molecule has 2 heterocycles. The molecule has 0 radical (unpaired) electrons. The minimum absolute atomic E-state index is 0.0124. The first-order valence-corrected chi connectivity index (χ1v) is 10.4. The molecule has 1 aromatic carbocycles. The molecule has 160 valence electrons. The average molecular weight is 432 g/mol. The Kier molecular flexibility index (Phi) is 7.59. The number of halogens is 1. The van der Waals surface area contributed by atoms with E-state index in [4.69, 9.17) is 16.7 Å². The zero-order valence-electron chi connectivity index (χ0n) is 16.9. The number of aliphatic hydroxyl groups is 1. The number of likely N-dealkylation sites (tertiary alicyclic amines) is 1. The number of benzene rings is 1. The largest absolute Gasteiger partial charge is 0.387 e. The lowest BCUT2D eigenvalue weighted by atomic mass is 10.1. The number of ketones is 1. The summed E-state index contributed by atoms with van der Waals surface area (Å²) in [6, 6.07) is 7.56. The van der Waals surface area contributed by atoms with Gasteiger partial charge in [-0.15, -0.1) is 11.6 Å². The molecule has 0 unspecified atom stereocenters. The summed E-state index contributed by atoms with van der Waals surface area (Å²) in [7, 11) is 0. The summed E-state index contributed by atoms with van der Waals surface area (Å²) in [6.45, 7) is 2.58. The number of piperidine rings is 1. The lowest BCUT2D eigenvalue weighted by molar-refractivity contribution is -0.135. The summed E-state index contributed by atoms with van der Waals surface area (Å²) in [5.74, 6) is 0.758. The molecule has 8 nitrogen and oxygen atoms in total. The number of nitrogens with zero attached hydrogens (tertiary/aromatic N) is 3. The van der Waals surface area contributed by atoms with E-state index in [1.54, 1.807) is 11.1 Å². The number of hydrogen-bond donors (Lipinski definition) is 3. The van der Waals surface area contributed by atoms with Crippen LogP contribution in [0, 0.1) is 6.92 Å². The molecule has 1 atom stereocenters. The number of alkyl halides is 1. The predicted molar refractivity (Wildman–Crippen MR) is 116 cm³/mol. The van der Waals surface area contributed by atoms with Gasteiger partial charge in [-0.2, -0.15) is 4.98 Å². The molecule has 0 saturated carbocycles. The maximum atomic E-state index is 11.8. The van der Waals surface area contributed by atoms with Gasteiger partial charge in [0, 0.05) is 43.0 Å². The van der Waals surface area contributed by atoms with E-state index in [0.29, 0.717) is 24.9 Å². The summed E-state index contributed by atoms with van der Waals surface area (Å²) >= 11 is 5.65. The Balaban J connectivity index is 1.73. The van der Waals surface area contributed by atoms with Crippen LogP contribution in [0.3, 0.4) is 0 Å². The molecule has 3 rings (SSSR count). The summed E-state index contributed by atoms with van der Waals surface area (Å²) in [5, 5.41) is 15.7. The number of nitrogens with one attached hydrogen (secondary N) is 2. The van der Waals surface area contributed by atoms with Gasteiger partial charge in [0.05, 0.1) is 5.88 Å². The molecule has 9 heteroatoms. The number of Topliss-reactive ketones (excluding diaryl/α,β-unsaturated/α-hetero) is 1. The van der Waals surface area contributed by atoms with Crippen LogP contribution in [0.5, 0.6) is 0 Å². The summed E-state index contributed by atoms with van der Waals surface area (Å²) in [6.07, 6.45) is 3.71. The Morgan fingerprint density at radius 2 is 2.13 bits per heavy atom. The van der Waals surface area contributed by atoms with Crippen LogP contribution in [0.15, 0.2) is 30.5 Å². The van der Waals surface area contributed by atoms with Crippen molar-refractivity contribution in [1.29, 1.82) is 0 Å². The number of amides is 1. The van der Waals surface area contributed by atoms with Gasteiger partial charge in [0.1, 0.15) is 12.4 Å². The van der Waals surface area contributed by atoms with E-state index in [1.165, 1.54) is 0 Å². The first kappa shape index (κ1) is 22.0. The van der Waals surface area contributed by atoms with Crippen molar-refractivity contribution in [2.75, 3.05) is 36.2 Å². The molecule has 1 saturated heterocycles. The highest BCUT2D eigenvalue weighted by Crippen LogP contribution is 2.24. The van der Waals surface area contributed by atoms with Crippen molar-refractivity contribution in [3.63, 3.8) is 0 Å². The highest BCUT2D eigenvalue weighted by molar-refractivity contribution is 6.27. The molecular weight excluding hydrogens is 406 g/mol. The molecule has 1 fully saturated rings. The molecular formula is C21H26ClN5O3. The number of carbonyl (C=O) groups excluding carboxylic acids is 2. The fourth-order valence-corrected chi connectivity index (χ4v) is 3.52. The minimum atomic E-state index is -0.479. The van der Waals surface area contributed by atoms with Crippen molar-refractivity contribution in [2.45, 2.75) is 32.2 Å². The van der Waals surface area contributed by atoms with Crippen LogP contribution in [-0.2, 0) is 16.0 Å². The van der Waals surface area contributed by atoms with Crippen molar-refractivity contribution in [2.24, 2.45) is 0 Å². The molecule has 0 aliphatic carbocycles. The Labute approximate surface area is 180 Å². The van der Waals surface area contributed by atoms with Crippen LogP contribution >= 0.6 is 11.6 Å². The van der Waals surface area contributed by atoms with Crippen LogP contribution in [0.2, 0.25) is 0 Å². The smallest absolute Gasteiger partial charge is 0.248 e. The fourth-order valence-electron chi connectivity index (χ4n) is 3.43. The van der Waals surface area contributed by atoms with Crippen LogP contribution < -0.4 is 10.6 Å². The van der Waals surface area contributed by atoms with E-state index in [-0.39, 0.29) is 30.0 Å². The van der Waals surface area contributed by atoms with Crippen molar-refractivity contribution < 1.29 is 14.7 Å². The molecule has 1 aliphatic rings. The molecule has 30 heavy (non-hydrogen) atoms. The topological polar surface area (TPSA) is 107 Å². The van der Waals surface area contributed by atoms with E-state index in [1.807, 2.05) is 31.2 Å². The van der Waals surface area contributed by atoms with Gasteiger partial charge in [-0.05, 0) is 31.4 Å². The SMILES string of the molecule is Cc1cnc(N[C@H]2CCCN(C(=O)CO)C2)nc1Nc1ccccc1CC(=O)CCl. The first-order valence-electron chi connectivity index (χ1n) is 9.91. The maximum absolute atomic E-state index is 11.8. The monoisotopic (exact) mass is 431 g/mol. The summed E-state index contributed by atoms with van der Waals surface area (Å²) < 4.78 is 0. The second-order valence-electron chi connectivity index (χ2n) is 7.34. The molecule has 1 aromatic heterocycles. The maximum Gasteiger partial charge on any atom is 0.248 e. The van der Waals surface area contributed by atoms with Gasteiger partial charge < -0.3 is 20.6 Å². The molecule has 1 amide bonds. The van der Waals surface area contributed by atoms with Crippen LogP contribution in [-0.4, -0.2) is 63.3 Å². The van der Waals surface area contributed by atoms with Gasteiger partial charge in [-0.1, -0.05) is 18.2 Å². The van der Waals surface area contributed by atoms with Crippen molar-refractivity contribution in [3.8, 4) is 0 Å². The number of rotatable bonds is 8. The van der Waals surface area contributed by atoms with Gasteiger partial charge in [-0.3, -0.25) is 9.59 Å². The van der Waals surface area contributed by atoms with E-state index in [0.717, 1.165) is 29.7 Å². The molecule has 1 aliphatic heterocycles. The van der Waals surface area contributed by atoms with Crippen LogP contribution in [0.25, 0.3) is 0 Å². The highest BCUT2D eigenvalue weighted by Gasteiger charge is 2.23. The Bertz CT molecular complexity index is 908. The average Bonchev–Trinajstić information content (AvgIpc) is 2.76. The number of carbonyl (C=O) groups is 2. The summed E-state index contributed by atoms with van der Waals surface area (Å²) in [5.41, 5.74) is 2.50. The molecule has 0 bridgehead atoms. The van der Waals surface area contributed by atoms with Gasteiger partial charge in [0.15, 0.2) is 5.78 Å². The fraction of sp³-hybridized carbons (Fsp3) is 0.429. The van der Waals surface area contributed by atoms with Crippen molar-refractivity contribution in [1.82, 2.24) is 14.9 Å². The molecule has 3 N–H and O–H groups in total. The first-order chi connectivity index (χ1) is 14.5. The second-order valence-corrected chi connectivity index (χ2v) is 7.61. The molecule has 2 aromatic rings. The second kappa shape index (κ2) is 10.4. The Hall–Kier alpha value is -2.71. The zero-order chi connectivity index (χ0) is 21.5. The van der Waals surface area contributed by atoms with E-state index < -0.39 is 6.61 Å². The third-order valence-corrected chi connectivity index (χ3v) is 5.32. The van der Waals surface area contributed by atoms with Crippen LogP contribution in [0.1, 0.15) is 24.0 Å². The Morgan fingerprint density at radius 3 is 2.90 bits per heavy atom. The number of aromatic nitrogens is 2. The van der Waals surface area contributed by atoms with Gasteiger partial charge in [0.25, 0.3) is 0 Å². The van der Waals surface area contributed by atoms with Crippen molar-refractivity contribution in [3.05, 3.63) is 41.6 Å². The van der Waals surface area contributed by atoms with Crippen LogP contribution in [0.4, 0.5) is 17.5 Å².